The monoisotopic (exact) mass is 1120 g/mol. The van der Waals surface area contributed by atoms with E-state index >= 15 is 0 Å². The molecule has 0 amide bonds. The van der Waals surface area contributed by atoms with Gasteiger partial charge in [-0.05, 0) is 73.4 Å². The lowest BCUT2D eigenvalue weighted by Crippen LogP contribution is -2.65. The molecule has 0 radical (unpaired) electrons. The predicted octanol–water partition coefficient (Wildman–Crippen LogP) is 7.93. The molecular weight excluding hydrogens is 1050 g/mol. The molecule has 4 aromatic rings. The van der Waals surface area contributed by atoms with E-state index in [0.717, 1.165) is 151 Å². The van der Waals surface area contributed by atoms with E-state index in [1.165, 1.54) is 36.2 Å². The number of benzene rings is 1. The van der Waals surface area contributed by atoms with Crippen molar-refractivity contribution in [2.45, 2.75) is 145 Å². The van der Waals surface area contributed by atoms with Crippen LogP contribution in [0.4, 0.5) is 26.3 Å². The lowest BCUT2D eigenvalue weighted by molar-refractivity contribution is -0.946. The van der Waals surface area contributed by atoms with Crippen LogP contribution in [0.15, 0.2) is 93.5 Å². The number of rotatable bonds is 15. The first kappa shape index (κ1) is 60.4. The molecule has 8 fully saturated rings. The molecule has 6 aliphatic heterocycles. The number of hydrogen-bond acceptors (Lipinski definition) is 13. The normalized spacial score (nSPS) is 26.7. The number of hydrogen-bond donors (Lipinski definition) is 2. The number of aliphatic hydroxyl groups is 2. The van der Waals surface area contributed by atoms with Gasteiger partial charge in [-0.15, -0.1) is 11.3 Å². The smallest absolute Gasteiger partial charge is 0.430 e. The number of carbonyl (C=O) groups excluding carboxylic acids is 4. The molecule has 12 rings (SSSR count). The number of carbonyl (C=O) groups is 4. The number of aryl methyl sites for hydroxylation is 1. The first-order valence-corrected chi connectivity index (χ1v) is 28.2. The van der Waals surface area contributed by atoms with E-state index in [1.807, 2.05) is 11.3 Å². The second-order valence-corrected chi connectivity index (χ2v) is 23.1. The Kier molecular flexibility index (Phi) is 20.4. The molecule has 0 unspecified atom stereocenters. The quantitative estimate of drug-likeness (QED) is 0.0663. The number of alkyl halides is 6. The molecule has 4 bridgehead atoms. The van der Waals surface area contributed by atoms with E-state index in [2.05, 4.69) is 47.8 Å². The lowest BCUT2D eigenvalue weighted by atomic mass is 9.75. The van der Waals surface area contributed by atoms with Crippen LogP contribution in [-0.2, 0) is 52.7 Å². The minimum atomic E-state index is -5.19. The van der Waals surface area contributed by atoms with Crippen molar-refractivity contribution >= 4 is 35.2 Å². The molecule has 4 atom stereocenters. The molecule has 14 nitrogen and oxygen atoms in total. The predicted molar refractivity (Wildman–Crippen MR) is 268 cm³/mol. The zero-order valence-electron chi connectivity index (χ0n) is 43.8. The molecule has 2 N–H and O–H groups in total. The van der Waals surface area contributed by atoms with Crippen molar-refractivity contribution in [2.24, 2.45) is 23.7 Å². The molecule has 1 aromatic carbocycles. The van der Waals surface area contributed by atoms with Crippen LogP contribution in [0.5, 0.6) is 0 Å². The number of aliphatic carboxylic acids is 2. The zero-order valence-corrected chi connectivity index (χ0v) is 44.6. The molecule has 2 aliphatic carbocycles. The summed E-state index contributed by atoms with van der Waals surface area (Å²) in [5.41, 5.74) is -1.98. The molecule has 430 valence electrons. The summed E-state index contributed by atoms with van der Waals surface area (Å²) in [5.74, 6) is -5.78. The number of carboxylic acid groups (broad SMARTS) is 2. The van der Waals surface area contributed by atoms with Crippen LogP contribution in [0.2, 0.25) is 0 Å². The van der Waals surface area contributed by atoms with E-state index in [1.54, 1.807) is 30.5 Å². The van der Waals surface area contributed by atoms with Crippen LogP contribution < -0.4 is 10.2 Å². The number of fused-ring (bicyclic) bond motifs is 6. The fourth-order valence-electron chi connectivity index (χ4n) is 12.8. The average molecular weight is 1120 g/mol. The number of nitrogens with zero attached hydrogens (tertiary/aromatic N) is 2. The van der Waals surface area contributed by atoms with Crippen molar-refractivity contribution in [1.29, 1.82) is 0 Å². The van der Waals surface area contributed by atoms with Crippen molar-refractivity contribution in [3.8, 4) is 0 Å². The third-order valence-electron chi connectivity index (χ3n) is 17.2. The van der Waals surface area contributed by atoms with Gasteiger partial charge in [0.25, 0.3) is 0 Å². The van der Waals surface area contributed by atoms with E-state index in [9.17, 15) is 46.1 Å². The Morgan fingerprint density at radius 2 is 0.987 bits per heavy atom. The van der Waals surface area contributed by atoms with E-state index < -0.39 is 47.4 Å². The second kappa shape index (κ2) is 26.4. The van der Waals surface area contributed by atoms with E-state index in [0.29, 0.717) is 23.4 Å². The largest absolute Gasteiger partial charge is 0.542 e. The Morgan fingerprint density at radius 3 is 1.36 bits per heavy atom. The highest BCUT2D eigenvalue weighted by molar-refractivity contribution is 7.09. The van der Waals surface area contributed by atoms with Gasteiger partial charge in [0, 0.05) is 67.1 Å². The number of quaternary nitrogens is 2. The fourth-order valence-corrected chi connectivity index (χ4v) is 13.6. The van der Waals surface area contributed by atoms with Gasteiger partial charge in [-0.3, -0.25) is 0 Å². The Bertz CT molecular complexity index is 2460. The van der Waals surface area contributed by atoms with Crippen molar-refractivity contribution < 1.29 is 93.2 Å². The SMILES string of the molecule is O=C(O[C@H]1C[N+]2(CCCc3cccs3)CCC1CC2)[C@@](O)(c1ccco1)C1CCCCC1.O=C(O[C@H]1C[N+]2(CCc3ccccc3)CCC1CC2)[C@@](O)(c1ccco1)C1CCCCC1.O=C([O-])C(F)(F)F.O=C([O-])C(F)(F)F. The maximum Gasteiger partial charge on any atom is 0.430 e. The van der Waals surface area contributed by atoms with Gasteiger partial charge in [-0.25, -0.2) is 9.59 Å². The molecule has 6 saturated heterocycles. The number of furan rings is 2. The van der Waals surface area contributed by atoms with Gasteiger partial charge in [-0.2, -0.15) is 26.3 Å². The first-order valence-electron chi connectivity index (χ1n) is 27.3. The molecule has 8 aliphatic rings. The number of ether oxygens (including phenoxy) is 2. The number of piperidine rings is 6. The maximum absolute atomic E-state index is 13.6. The number of carboxylic acids is 2. The summed E-state index contributed by atoms with van der Waals surface area (Å²) in [7, 11) is 0. The summed E-state index contributed by atoms with van der Waals surface area (Å²) < 4.78 is 88.7. The summed E-state index contributed by atoms with van der Waals surface area (Å²) in [4.78, 5) is 46.1. The molecule has 21 heteroatoms. The minimum absolute atomic E-state index is 0.100. The number of halogens is 6. The Morgan fingerprint density at radius 1 is 0.564 bits per heavy atom. The highest BCUT2D eigenvalue weighted by atomic mass is 32.1. The van der Waals surface area contributed by atoms with Crippen molar-refractivity contribution in [3.05, 3.63) is 107 Å². The topological polar surface area (TPSA) is 200 Å². The third-order valence-corrected chi connectivity index (χ3v) is 18.2. The van der Waals surface area contributed by atoms with Gasteiger partial charge >= 0.3 is 24.3 Å². The van der Waals surface area contributed by atoms with E-state index in [4.69, 9.17) is 38.1 Å². The number of esters is 2. The summed E-state index contributed by atoms with van der Waals surface area (Å²) in [6.07, 6.45) is 10.0. The summed E-state index contributed by atoms with van der Waals surface area (Å²) in [5, 5.41) is 43.1. The van der Waals surface area contributed by atoms with Gasteiger partial charge in [0.15, 0.2) is 12.2 Å². The standard InChI is InChI=1S/C27H36NO4.C26H36NO4S.2C2HF3O2/c29-26(27(30,25-12-7-19-31-25)23-10-5-2-6-11-23)32-24-20-28(17-14-22(24)15-18-28)16-13-21-8-3-1-4-9-21;28-25(26(29,24-11-5-17-30-24)21-7-2-1-3-8-21)31-23-19-27(15-12-20(23)13-16-27)14-4-9-22-10-6-18-32-22;2*3-2(4,5)1(6)7/h1,3-4,7-9,12,19,22-24,30H,2,5-6,10-11,13-18,20H2;5-6,10-11,17-18,20-21,23,29H,1-4,7-9,12-16,19H2;2*(H,6,7)/q2*+1;;/p-2/t22?,24-,27-,28?;20?,23-,26-,27?;;/m00../s1. The van der Waals surface area contributed by atoms with Gasteiger partial charge in [0.2, 0.25) is 11.2 Å². The van der Waals surface area contributed by atoms with Crippen molar-refractivity contribution in [1.82, 2.24) is 0 Å². The highest BCUT2D eigenvalue weighted by Crippen LogP contribution is 2.45. The van der Waals surface area contributed by atoms with Crippen molar-refractivity contribution in [3.63, 3.8) is 0 Å². The average Bonchev–Trinajstić information content (AvgIpc) is 4.34. The zero-order chi connectivity index (χ0) is 56.2. The molecule has 3 aromatic heterocycles. The number of thiophene rings is 1. The Labute approximate surface area is 454 Å². The minimum Gasteiger partial charge on any atom is -0.542 e. The van der Waals surface area contributed by atoms with Crippen molar-refractivity contribution in [2.75, 3.05) is 52.4 Å². The Hall–Kier alpha value is -5.22. The third kappa shape index (κ3) is 15.2. The van der Waals surface area contributed by atoms with Gasteiger partial charge in [0.1, 0.15) is 36.5 Å². The summed E-state index contributed by atoms with van der Waals surface area (Å²) in [6.45, 7) is 8.68. The molecule has 0 spiro atoms. The van der Waals surface area contributed by atoms with Crippen LogP contribution in [0.25, 0.3) is 0 Å². The van der Waals surface area contributed by atoms with Gasteiger partial charge < -0.3 is 57.3 Å². The Balaban J connectivity index is 0.000000182. The van der Waals surface area contributed by atoms with Crippen LogP contribution >= 0.6 is 11.3 Å². The molecular formula is C57H72F6N2O12S. The van der Waals surface area contributed by atoms with Gasteiger partial charge in [-0.1, -0.05) is 74.9 Å². The van der Waals surface area contributed by atoms with Crippen LogP contribution in [0.3, 0.4) is 0 Å². The molecule has 2 saturated carbocycles. The lowest BCUT2D eigenvalue weighted by Gasteiger charge is -2.52. The van der Waals surface area contributed by atoms with Crippen LogP contribution in [0.1, 0.15) is 118 Å². The molecule has 78 heavy (non-hydrogen) atoms. The highest BCUT2D eigenvalue weighted by Gasteiger charge is 2.55. The van der Waals surface area contributed by atoms with Crippen LogP contribution in [0, 0.1) is 23.7 Å². The summed E-state index contributed by atoms with van der Waals surface area (Å²) >= 11 is 1.84. The maximum atomic E-state index is 13.6. The molecule has 9 heterocycles. The fraction of sp³-hybridized carbons (Fsp3) is 0.614. The van der Waals surface area contributed by atoms with Crippen LogP contribution in [-0.4, -0.2) is 120 Å². The second-order valence-electron chi connectivity index (χ2n) is 22.1. The summed E-state index contributed by atoms with van der Waals surface area (Å²) in [6, 6.07) is 21.9. The first-order chi connectivity index (χ1) is 37.1. The van der Waals surface area contributed by atoms with E-state index in [-0.39, 0.29) is 24.0 Å². The van der Waals surface area contributed by atoms with Gasteiger partial charge in [0.05, 0.1) is 51.8 Å².